The third-order valence-electron chi connectivity index (χ3n) is 3.51. The van der Waals surface area contributed by atoms with Gasteiger partial charge in [0, 0.05) is 17.7 Å². The van der Waals surface area contributed by atoms with E-state index in [2.05, 4.69) is 21.8 Å². The molecule has 20 heavy (non-hydrogen) atoms. The Morgan fingerprint density at radius 1 is 1.30 bits per heavy atom. The maximum atomic E-state index is 11.4. The number of rotatable bonds is 1. The summed E-state index contributed by atoms with van der Waals surface area (Å²) in [6, 6.07) is 6.00. The van der Waals surface area contributed by atoms with Gasteiger partial charge in [-0.1, -0.05) is 17.7 Å². The Kier molecular flexibility index (Phi) is 2.58. The quantitative estimate of drug-likeness (QED) is 0.880. The van der Waals surface area contributed by atoms with E-state index in [1.165, 1.54) is 0 Å². The van der Waals surface area contributed by atoms with Crippen LogP contribution in [0, 0.1) is 0 Å². The van der Waals surface area contributed by atoms with Crippen LogP contribution in [0.1, 0.15) is 5.56 Å². The summed E-state index contributed by atoms with van der Waals surface area (Å²) in [6.07, 6.45) is 0. The van der Waals surface area contributed by atoms with Crippen molar-refractivity contribution < 1.29 is 4.79 Å². The van der Waals surface area contributed by atoms with E-state index < -0.39 is 0 Å². The molecule has 1 fully saturated rings. The number of nitrogens with zero attached hydrogens (tertiary/aromatic N) is 2. The minimum absolute atomic E-state index is 0.0225. The molecule has 100 valence electrons. The van der Waals surface area contributed by atoms with Crippen molar-refractivity contribution in [2.24, 2.45) is 4.99 Å². The zero-order valence-electron chi connectivity index (χ0n) is 10.4. The zero-order valence-corrected chi connectivity index (χ0v) is 12.0. The average molecular weight is 304 g/mol. The molecule has 1 saturated heterocycles. The molecule has 0 atom stereocenters. The van der Waals surface area contributed by atoms with Gasteiger partial charge in [0.2, 0.25) is 11.9 Å². The molecule has 0 bridgehead atoms. The minimum atomic E-state index is -0.0225. The second-order valence-corrected chi connectivity index (χ2v) is 5.93. The number of fused-ring (bicyclic) bond motifs is 2. The predicted octanol–water partition coefficient (Wildman–Crippen LogP) is 3.00. The van der Waals surface area contributed by atoms with Crippen LogP contribution in [-0.4, -0.2) is 23.3 Å². The maximum absolute atomic E-state index is 11.4. The first-order valence-electron chi connectivity index (χ1n) is 6.20. The Hall–Kier alpha value is -1.85. The Morgan fingerprint density at radius 2 is 2.20 bits per heavy atom. The van der Waals surface area contributed by atoms with E-state index in [0.29, 0.717) is 19.0 Å². The molecule has 1 N–H and O–H groups in total. The number of thiophene rings is 1. The van der Waals surface area contributed by atoms with Crippen LogP contribution >= 0.6 is 22.9 Å². The predicted molar refractivity (Wildman–Crippen MR) is 80.4 cm³/mol. The first-order chi connectivity index (χ1) is 9.72. The molecular formula is C14H10ClN3OS. The Bertz CT molecular complexity index is 739. The van der Waals surface area contributed by atoms with Crippen molar-refractivity contribution in [2.45, 2.75) is 6.54 Å². The zero-order chi connectivity index (χ0) is 13.7. The lowest BCUT2D eigenvalue weighted by molar-refractivity contribution is -0.118. The second kappa shape index (κ2) is 4.33. The third kappa shape index (κ3) is 1.74. The fourth-order valence-corrected chi connectivity index (χ4v) is 3.52. The number of hydrogen-bond donors (Lipinski definition) is 1. The molecule has 0 radical (unpaired) electrons. The van der Waals surface area contributed by atoms with Gasteiger partial charge in [-0.3, -0.25) is 10.1 Å². The molecule has 4 rings (SSSR count). The number of benzene rings is 1. The van der Waals surface area contributed by atoms with Crippen LogP contribution < -0.4 is 5.32 Å². The molecule has 2 aromatic rings. The lowest BCUT2D eigenvalue weighted by Crippen LogP contribution is -2.32. The number of hydrogen-bond acceptors (Lipinski definition) is 4. The van der Waals surface area contributed by atoms with Gasteiger partial charge < -0.3 is 4.90 Å². The number of guanidine groups is 1. The Balaban J connectivity index is 1.83. The van der Waals surface area contributed by atoms with Crippen molar-refractivity contribution in [3.63, 3.8) is 0 Å². The number of carbonyl (C=O) groups excluding carboxylic acids is 1. The molecule has 1 aromatic heterocycles. The van der Waals surface area contributed by atoms with Crippen LogP contribution in [0.4, 0.5) is 5.69 Å². The number of aliphatic imine (C=N–C) groups is 1. The lowest BCUT2D eigenvalue weighted by Gasteiger charge is -2.24. The molecular weight excluding hydrogens is 294 g/mol. The Labute approximate surface area is 124 Å². The standard InChI is InChI=1S/C14H10ClN3OS/c15-13-9(8-3-4-20-7-8)1-2-11-10(13)5-18-6-12(19)17-14(18)16-11/h1-4,7H,5-6H2,(H,16,17,19). The van der Waals surface area contributed by atoms with E-state index in [1.807, 2.05) is 22.4 Å². The highest BCUT2D eigenvalue weighted by Gasteiger charge is 2.30. The molecule has 1 aromatic carbocycles. The van der Waals surface area contributed by atoms with Crippen LogP contribution in [-0.2, 0) is 11.3 Å². The molecule has 0 saturated carbocycles. The molecule has 3 heterocycles. The van der Waals surface area contributed by atoms with Crippen LogP contribution in [0.15, 0.2) is 34.0 Å². The highest BCUT2D eigenvalue weighted by atomic mass is 35.5. The van der Waals surface area contributed by atoms with Gasteiger partial charge in [-0.25, -0.2) is 4.99 Å². The molecule has 6 heteroatoms. The highest BCUT2D eigenvalue weighted by molar-refractivity contribution is 7.08. The van der Waals surface area contributed by atoms with Crippen molar-refractivity contribution in [3.05, 3.63) is 39.5 Å². The fraction of sp³-hybridized carbons (Fsp3) is 0.143. The number of amides is 1. The van der Waals surface area contributed by atoms with Gasteiger partial charge in [-0.05, 0) is 28.5 Å². The van der Waals surface area contributed by atoms with Crippen molar-refractivity contribution in [1.29, 1.82) is 0 Å². The van der Waals surface area contributed by atoms with Crippen molar-refractivity contribution in [2.75, 3.05) is 6.54 Å². The minimum Gasteiger partial charge on any atom is -0.329 e. The van der Waals surface area contributed by atoms with E-state index in [4.69, 9.17) is 11.6 Å². The molecule has 0 spiro atoms. The van der Waals surface area contributed by atoms with E-state index in [0.717, 1.165) is 27.4 Å². The first-order valence-corrected chi connectivity index (χ1v) is 7.52. The molecule has 1 amide bonds. The lowest BCUT2D eigenvalue weighted by atomic mass is 10.0. The van der Waals surface area contributed by atoms with Crippen molar-refractivity contribution in [3.8, 4) is 11.1 Å². The highest BCUT2D eigenvalue weighted by Crippen LogP contribution is 2.39. The summed E-state index contributed by atoms with van der Waals surface area (Å²) < 4.78 is 0. The summed E-state index contributed by atoms with van der Waals surface area (Å²) >= 11 is 8.19. The van der Waals surface area contributed by atoms with Gasteiger partial charge in [0.1, 0.15) is 6.54 Å². The largest absolute Gasteiger partial charge is 0.329 e. The van der Waals surface area contributed by atoms with Gasteiger partial charge >= 0.3 is 0 Å². The summed E-state index contributed by atoms with van der Waals surface area (Å²) in [4.78, 5) is 17.8. The molecule has 4 nitrogen and oxygen atoms in total. The molecule has 2 aliphatic rings. The van der Waals surface area contributed by atoms with Crippen LogP contribution in [0.25, 0.3) is 11.1 Å². The third-order valence-corrected chi connectivity index (χ3v) is 4.63. The normalized spacial score (nSPS) is 16.6. The summed E-state index contributed by atoms with van der Waals surface area (Å²) in [5.74, 6) is 0.604. The van der Waals surface area contributed by atoms with Crippen molar-refractivity contribution >= 4 is 40.5 Å². The van der Waals surface area contributed by atoms with Gasteiger partial charge in [0.25, 0.3) is 0 Å². The average Bonchev–Trinajstić information content (AvgIpc) is 3.05. The maximum Gasteiger partial charge on any atom is 0.246 e. The summed E-state index contributed by atoms with van der Waals surface area (Å²) in [5.41, 5.74) is 3.95. The Morgan fingerprint density at radius 3 is 3.00 bits per heavy atom. The smallest absolute Gasteiger partial charge is 0.246 e. The van der Waals surface area contributed by atoms with Crippen LogP contribution in [0.2, 0.25) is 5.02 Å². The number of nitrogens with one attached hydrogen (secondary N) is 1. The summed E-state index contributed by atoms with van der Waals surface area (Å²) in [7, 11) is 0. The first kappa shape index (κ1) is 11.9. The summed E-state index contributed by atoms with van der Waals surface area (Å²) in [5, 5.41) is 7.59. The topological polar surface area (TPSA) is 44.7 Å². The van der Waals surface area contributed by atoms with E-state index in [9.17, 15) is 4.79 Å². The van der Waals surface area contributed by atoms with E-state index in [1.54, 1.807) is 11.3 Å². The molecule has 0 unspecified atom stereocenters. The second-order valence-electron chi connectivity index (χ2n) is 4.78. The van der Waals surface area contributed by atoms with Gasteiger partial charge in [0.15, 0.2) is 0 Å². The van der Waals surface area contributed by atoms with Crippen molar-refractivity contribution in [1.82, 2.24) is 10.2 Å². The van der Waals surface area contributed by atoms with E-state index >= 15 is 0 Å². The monoisotopic (exact) mass is 303 g/mol. The van der Waals surface area contributed by atoms with Crippen LogP contribution in [0.5, 0.6) is 0 Å². The number of halogens is 1. The molecule has 0 aliphatic carbocycles. The van der Waals surface area contributed by atoms with Crippen LogP contribution in [0.3, 0.4) is 0 Å². The summed E-state index contributed by atoms with van der Waals surface area (Å²) in [6.45, 7) is 0.959. The SMILES string of the molecule is O=C1CN2Cc3c(ccc(-c4ccsc4)c3Cl)N=C2N1. The fourth-order valence-electron chi connectivity index (χ4n) is 2.53. The van der Waals surface area contributed by atoms with E-state index in [-0.39, 0.29) is 5.91 Å². The van der Waals surface area contributed by atoms with Gasteiger partial charge in [0.05, 0.1) is 10.7 Å². The van der Waals surface area contributed by atoms with Gasteiger partial charge in [-0.15, -0.1) is 0 Å². The number of carbonyl (C=O) groups is 1. The molecule has 2 aliphatic heterocycles. The van der Waals surface area contributed by atoms with Gasteiger partial charge in [-0.2, -0.15) is 11.3 Å².